The Labute approximate surface area is 218 Å². The van der Waals surface area contributed by atoms with E-state index in [1.807, 2.05) is 48.0 Å². The van der Waals surface area contributed by atoms with E-state index in [2.05, 4.69) is 57.5 Å². The molecule has 0 aliphatic carbocycles. The molecule has 4 rings (SSSR count). The van der Waals surface area contributed by atoms with E-state index < -0.39 is 0 Å². The SMILES string of the molecule is C=CN=C(/C=C\CCC)c1nnc(CNc2cccc(C(=O)NCc3cccc4c3CCOC4)c2)n1C. The number of fused-ring (bicyclic) bond motifs is 1. The van der Waals surface area contributed by atoms with Gasteiger partial charge in [-0.25, -0.2) is 0 Å². The third-order valence-electron chi connectivity index (χ3n) is 6.29. The molecule has 2 aromatic carbocycles. The molecule has 0 radical (unpaired) electrons. The largest absolute Gasteiger partial charge is 0.378 e. The summed E-state index contributed by atoms with van der Waals surface area (Å²) in [5, 5.41) is 15.1. The van der Waals surface area contributed by atoms with Gasteiger partial charge in [0, 0.05) is 31.0 Å². The highest BCUT2D eigenvalue weighted by atomic mass is 16.5. The van der Waals surface area contributed by atoms with E-state index in [0.29, 0.717) is 31.1 Å². The lowest BCUT2D eigenvalue weighted by atomic mass is 9.97. The number of benzene rings is 2. The van der Waals surface area contributed by atoms with Gasteiger partial charge < -0.3 is 19.9 Å². The minimum atomic E-state index is -0.113. The Hall–Kier alpha value is -4.04. The fourth-order valence-corrected chi connectivity index (χ4v) is 4.27. The third-order valence-corrected chi connectivity index (χ3v) is 6.29. The van der Waals surface area contributed by atoms with E-state index in [9.17, 15) is 4.79 Å². The molecule has 0 saturated heterocycles. The number of aliphatic imine (C=N–C) groups is 1. The van der Waals surface area contributed by atoms with Gasteiger partial charge in [0.05, 0.1) is 19.8 Å². The first-order valence-corrected chi connectivity index (χ1v) is 12.6. The van der Waals surface area contributed by atoms with E-state index >= 15 is 0 Å². The summed E-state index contributed by atoms with van der Waals surface area (Å²) in [7, 11) is 1.91. The Morgan fingerprint density at radius 1 is 1.22 bits per heavy atom. The van der Waals surface area contributed by atoms with Crippen LogP contribution in [-0.2, 0) is 37.9 Å². The van der Waals surface area contributed by atoms with Gasteiger partial charge in [0.25, 0.3) is 5.91 Å². The second-order valence-corrected chi connectivity index (χ2v) is 8.86. The van der Waals surface area contributed by atoms with Crippen LogP contribution in [0.2, 0.25) is 0 Å². The van der Waals surface area contributed by atoms with E-state index in [1.54, 1.807) is 0 Å². The Kier molecular flexibility index (Phi) is 8.99. The van der Waals surface area contributed by atoms with E-state index in [-0.39, 0.29) is 5.91 Å². The van der Waals surface area contributed by atoms with Crippen molar-refractivity contribution in [3.8, 4) is 0 Å². The number of carbonyl (C=O) groups excluding carboxylic acids is 1. The van der Waals surface area contributed by atoms with Gasteiger partial charge in [-0.1, -0.05) is 50.3 Å². The Balaban J connectivity index is 1.39. The molecule has 1 aliphatic heterocycles. The maximum atomic E-state index is 12.9. The number of amides is 1. The number of nitrogens with one attached hydrogen (secondary N) is 2. The molecule has 1 amide bonds. The molecule has 2 heterocycles. The van der Waals surface area contributed by atoms with Gasteiger partial charge in [0.1, 0.15) is 5.71 Å². The molecule has 192 valence electrons. The standard InChI is InChI=1S/C29H34N6O2/c1-4-6-7-14-26(30-5-2)28-34-33-27(35(28)3)19-31-24-13-9-10-21(17-24)29(36)32-18-22-11-8-12-23-20-37-16-15-25(22)23/h5,7-14,17,31H,2,4,6,15-16,18-20H2,1,3H3,(H,32,36)/b14-7-,30-26?. The van der Waals surface area contributed by atoms with Crippen LogP contribution >= 0.6 is 0 Å². The Bertz CT molecular complexity index is 1310. The average Bonchev–Trinajstić information content (AvgIpc) is 3.30. The number of carbonyl (C=O) groups is 1. The minimum absolute atomic E-state index is 0.113. The summed E-state index contributed by atoms with van der Waals surface area (Å²) in [4.78, 5) is 17.2. The van der Waals surface area contributed by atoms with Crippen molar-refractivity contribution in [3.05, 3.63) is 101 Å². The molecule has 8 heteroatoms. The zero-order valence-corrected chi connectivity index (χ0v) is 21.5. The third kappa shape index (κ3) is 6.59. The Morgan fingerprint density at radius 2 is 2.08 bits per heavy atom. The summed E-state index contributed by atoms with van der Waals surface area (Å²) >= 11 is 0. The molecule has 0 unspecified atom stereocenters. The topological polar surface area (TPSA) is 93.4 Å². The number of anilines is 1. The number of unbranched alkanes of at least 4 members (excludes halogenated alkanes) is 1. The van der Waals surface area contributed by atoms with Gasteiger partial charge in [-0.05, 0) is 53.8 Å². The highest BCUT2D eigenvalue weighted by Crippen LogP contribution is 2.21. The first-order chi connectivity index (χ1) is 18.1. The lowest BCUT2D eigenvalue weighted by Crippen LogP contribution is -2.24. The van der Waals surface area contributed by atoms with Crippen molar-refractivity contribution >= 4 is 17.3 Å². The predicted molar refractivity (Wildman–Crippen MR) is 147 cm³/mol. The molecular weight excluding hydrogens is 464 g/mol. The minimum Gasteiger partial charge on any atom is -0.378 e. The lowest BCUT2D eigenvalue weighted by Gasteiger charge is -2.20. The van der Waals surface area contributed by atoms with Crippen molar-refractivity contribution in [2.45, 2.75) is 45.9 Å². The summed E-state index contributed by atoms with van der Waals surface area (Å²) < 4.78 is 7.46. The van der Waals surface area contributed by atoms with Crippen LogP contribution < -0.4 is 10.6 Å². The van der Waals surface area contributed by atoms with Crippen LogP contribution in [0.15, 0.2) is 72.4 Å². The van der Waals surface area contributed by atoms with Crippen LogP contribution in [0.1, 0.15) is 58.5 Å². The van der Waals surface area contributed by atoms with Gasteiger partial charge in [-0.3, -0.25) is 9.79 Å². The normalized spacial score (nSPS) is 13.4. The fourth-order valence-electron chi connectivity index (χ4n) is 4.27. The van der Waals surface area contributed by atoms with Crippen LogP contribution in [0, 0.1) is 0 Å². The number of hydrogen-bond donors (Lipinski definition) is 2. The van der Waals surface area contributed by atoms with Gasteiger partial charge in [-0.15, -0.1) is 10.2 Å². The van der Waals surface area contributed by atoms with Crippen LogP contribution in [0.4, 0.5) is 5.69 Å². The molecule has 3 aromatic rings. The summed E-state index contributed by atoms with van der Waals surface area (Å²) in [5.41, 5.74) is 5.78. The molecule has 0 saturated carbocycles. The predicted octanol–water partition coefficient (Wildman–Crippen LogP) is 4.72. The molecule has 0 atom stereocenters. The quantitative estimate of drug-likeness (QED) is 0.373. The van der Waals surface area contributed by atoms with Crippen LogP contribution in [-0.4, -0.2) is 33.0 Å². The number of aromatic nitrogens is 3. The average molecular weight is 499 g/mol. The molecule has 37 heavy (non-hydrogen) atoms. The van der Waals surface area contributed by atoms with Crippen molar-refractivity contribution in [2.24, 2.45) is 12.0 Å². The van der Waals surface area contributed by atoms with Gasteiger partial charge >= 0.3 is 0 Å². The molecule has 1 aliphatic rings. The zero-order chi connectivity index (χ0) is 26.0. The molecule has 0 spiro atoms. The fraction of sp³-hybridized carbons (Fsp3) is 0.310. The van der Waals surface area contributed by atoms with Crippen molar-refractivity contribution in [1.29, 1.82) is 0 Å². The van der Waals surface area contributed by atoms with Crippen molar-refractivity contribution in [3.63, 3.8) is 0 Å². The van der Waals surface area contributed by atoms with Crippen LogP contribution in [0.5, 0.6) is 0 Å². The molecule has 2 N–H and O–H groups in total. The molecule has 8 nitrogen and oxygen atoms in total. The van der Waals surface area contributed by atoms with E-state index in [1.165, 1.54) is 17.3 Å². The second kappa shape index (κ2) is 12.8. The summed E-state index contributed by atoms with van der Waals surface area (Å²) in [6.45, 7) is 8.13. The number of hydrogen-bond acceptors (Lipinski definition) is 6. The highest BCUT2D eigenvalue weighted by molar-refractivity contribution is 6.06. The summed E-state index contributed by atoms with van der Waals surface area (Å²) in [6.07, 6.45) is 8.44. The molecule has 1 aromatic heterocycles. The monoisotopic (exact) mass is 498 g/mol. The van der Waals surface area contributed by atoms with Crippen molar-refractivity contribution in [2.75, 3.05) is 11.9 Å². The van der Waals surface area contributed by atoms with Crippen LogP contribution in [0.3, 0.4) is 0 Å². The van der Waals surface area contributed by atoms with E-state index in [4.69, 9.17) is 4.74 Å². The lowest BCUT2D eigenvalue weighted by molar-refractivity contribution is 0.0950. The highest BCUT2D eigenvalue weighted by Gasteiger charge is 2.15. The number of allylic oxidation sites excluding steroid dienone is 2. The molecular formula is C29H34N6O2. The zero-order valence-electron chi connectivity index (χ0n) is 21.5. The second-order valence-electron chi connectivity index (χ2n) is 8.86. The Morgan fingerprint density at radius 3 is 2.92 bits per heavy atom. The maximum absolute atomic E-state index is 12.9. The maximum Gasteiger partial charge on any atom is 0.251 e. The summed E-state index contributed by atoms with van der Waals surface area (Å²) in [6, 6.07) is 13.6. The van der Waals surface area contributed by atoms with Crippen LogP contribution in [0.25, 0.3) is 0 Å². The summed E-state index contributed by atoms with van der Waals surface area (Å²) in [5.74, 6) is 1.31. The first-order valence-electron chi connectivity index (χ1n) is 12.6. The molecule has 0 bridgehead atoms. The van der Waals surface area contributed by atoms with Crippen molar-refractivity contribution < 1.29 is 9.53 Å². The van der Waals surface area contributed by atoms with Gasteiger partial charge in [0.15, 0.2) is 11.6 Å². The van der Waals surface area contributed by atoms with Crippen molar-refractivity contribution in [1.82, 2.24) is 20.1 Å². The first kappa shape index (κ1) is 26.0. The number of nitrogens with zero attached hydrogens (tertiary/aromatic N) is 4. The van der Waals surface area contributed by atoms with E-state index in [0.717, 1.165) is 48.7 Å². The number of ether oxygens (including phenoxy) is 1. The van der Waals surface area contributed by atoms with Gasteiger partial charge in [0.2, 0.25) is 0 Å². The number of rotatable bonds is 11. The smallest absolute Gasteiger partial charge is 0.251 e. The van der Waals surface area contributed by atoms with Gasteiger partial charge in [-0.2, -0.15) is 0 Å². The molecule has 0 fully saturated rings.